The number of methoxy groups -OCH3 is 1. The number of aliphatic carboxylic acids is 1. The van der Waals surface area contributed by atoms with Crippen LogP contribution >= 0.6 is 0 Å². The summed E-state index contributed by atoms with van der Waals surface area (Å²) in [7, 11) is 1.48. The molecule has 2 aromatic carbocycles. The van der Waals surface area contributed by atoms with Crippen LogP contribution in [0.3, 0.4) is 0 Å². The van der Waals surface area contributed by atoms with Gasteiger partial charge in [-0.2, -0.15) is 0 Å². The van der Waals surface area contributed by atoms with Gasteiger partial charge in [-0.15, -0.1) is 0 Å². The number of alkyl carbamates (subject to hydrolysis) is 1. The first kappa shape index (κ1) is 24.7. The zero-order chi connectivity index (χ0) is 24.8. The Labute approximate surface area is 205 Å². The minimum Gasteiger partial charge on any atom is -0.481 e. The Kier molecular flexibility index (Phi) is 8.02. The summed E-state index contributed by atoms with van der Waals surface area (Å²) >= 11 is 0. The Morgan fingerprint density at radius 3 is 2.29 bits per heavy atom. The molecule has 3 unspecified atom stereocenters. The molecule has 0 aliphatic heterocycles. The van der Waals surface area contributed by atoms with Gasteiger partial charge in [0.2, 0.25) is 5.91 Å². The number of benzene rings is 2. The molecule has 0 spiro atoms. The monoisotopic (exact) mass is 480 g/mol. The normalized spacial score (nSPS) is 19.5. The van der Waals surface area contributed by atoms with Crippen LogP contribution in [0.15, 0.2) is 48.5 Å². The Morgan fingerprint density at radius 1 is 1.00 bits per heavy atom. The van der Waals surface area contributed by atoms with Gasteiger partial charge in [0.15, 0.2) is 0 Å². The highest BCUT2D eigenvalue weighted by Gasteiger charge is 2.33. The maximum Gasteiger partial charge on any atom is 0.407 e. The highest BCUT2D eigenvalue weighted by Crippen LogP contribution is 2.44. The lowest BCUT2D eigenvalue weighted by molar-refractivity contribution is -0.143. The SMILES string of the molecule is COC(CNC(=O)OCC1c2ccccc2-c2ccccc21)CC(=O)NCC1CCCC1C(=O)O. The first-order chi connectivity index (χ1) is 17.0. The maximum absolute atomic E-state index is 12.4. The number of hydrogen-bond acceptors (Lipinski definition) is 5. The summed E-state index contributed by atoms with van der Waals surface area (Å²) in [6, 6.07) is 16.3. The highest BCUT2D eigenvalue weighted by atomic mass is 16.5. The predicted molar refractivity (Wildman–Crippen MR) is 130 cm³/mol. The molecule has 2 aromatic rings. The van der Waals surface area contributed by atoms with Crippen LogP contribution in [0.5, 0.6) is 0 Å². The molecule has 4 rings (SSSR count). The highest BCUT2D eigenvalue weighted by molar-refractivity contribution is 5.79. The summed E-state index contributed by atoms with van der Waals surface area (Å²) < 4.78 is 10.9. The third-order valence-corrected chi connectivity index (χ3v) is 7.10. The molecule has 1 saturated carbocycles. The van der Waals surface area contributed by atoms with Gasteiger partial charge in [0, 0.05) is 26.1 Å². The molecule has 2 aliphatic rings. The fraction of sp³-hybridized carbons (Fsp3) is 0.444. The van der Waals surface area contributed by atoms with Crippen LogP contribution in [0.4, 0.5) is 4.79 Å². The number of ether oxygens (including phenoxy) is 2. The van der Waals surface area contributed by atoms with E-state index in [1.54, 1.807) is 0 Å². The van der Waals surface area contributed by atoms with E-state index in [9.17, 15) is 19.5 Å². The average molecular weight is 481 g/mol. The quantitative estimate of drug-likeness (QED) is 0.479. The molecule has 0 saturated heterocycles. The van der Waals surface area contributed by atoms with Crippen molar-refractivity contribution in [1.29, 1.82) is 0 Å². The van der Waals surface area contributed by atoms with E-state index in [4.69, 9.17) is 9.47 Å². The van der Waals surface area contributed by atoms with E-state index in [1.165, 1.54) is 7.11 Å². The molecule has 35 heavy (non-hydrogen) atoms. The van der Waals surface area contributed by atoms with Crippen molar-refractivity contribution in [3.05, 3.63) is 59.7 Å². The summed E-state index contributed by atoms with van der Waals surface area (Å²) in [5, 5.41) is 14.8. The van der Waals surface area contributed by atoms with Crippen molar-refractivity contribution >= 4 is 18.0 Å². The fourth-order valence-corrected chi connectivity index (χ4v) is 5.22. The Hall–Kier alpha value is -3.39. The molecule has 2 aliphatic carbocycles. The van der Waals surface area contributed by atoms with Gasteiger partial charge in [0.25, 0.3) is 0 Å². The molecule has 3 N–H and O–H groups in total. The van der Waals surface area contributed by atoms with Crippen LogP contribution in [0.25, 0.3) is 11.1 Å². The van der Waals surface area contributed by atoms with Crippen LogP contribution in [0.2, 0.25) is 0 Å². The van der Waals surface area contributed by atoms with Crippen LogP contribution < -0.4 is 10.6 Å². The number of carboxylic acid groups (broad SMARTS) is 1. The molecule has 0 bridgehead atoms. The molecule has 0 heterocycles. The Morgan fingerprint density at radius 2 is 1.66 bits per heavy atom. The first-order valence-electron chi connectivity index (χ1n) is 12.1. The van der Waals surface area contributed by atoms with Crippen molar-refractivity contribution in [3.63, 3.8) is 0 Å². The molecule has 3 atom stereocenters. The molecule has 2 amide bonds. The van der Waals surface area contributed by atoms with Crippen LogP contribution in [-0.4, -0.2) is 56.0 Å². The topological polar surface area (TPSA) is 114 Å². The third kappa shape index (κ3) is 5.82. The predicted octanol–water partition coefficient (Wildman–Crippen LogP) is 3.55. The minimum absolute atomic E-state index is 0.0256. The Balaban J connectivity index is 1.22. The van der Waals surface area contributed by atoms with Crippen LogP contribution in [-0.2, 0) is 19.1 Å². The van der Waals surface area contributed by atoms with E-state index in [0.29, 0.717) is 13.0 Å². The van der Waals surface area contributed by atoms with Gasteiger partial charge < -0.3 is 25.2 Å². The van der Waals surface area contributed by atoms with Gasteiger partial charge in [0.05, 0.1) is 18.4 Å². The smallest absolute Gasteiger partial charge is 0.407 e. The van der Waals surface area contributed by atoms with Gasteiger partial charge in [0.1, 0.15) is 6.61 Å². The lowest BCUT2D eigenvalue weighted by Gasteiger charge is -2.19. The van der Waals surface area contributed by atoms with Crippen molar-refractivity contribution in [2.45, 2.75) is 37.7 Å². The fourth-order valence-electron chi connectivity index (χ4n) is 5.22. The number of fused-ring (bicyclic) bond motifs is 3. The van der Waals surface area contributed by atoms with Gasteiger partial charge in [-0.25, -0.2) is 4.79 Å². The molecule has 0 radical (unpaired) electrons. The average Bonchev–Trinajstić information content (AvgIpc) is 3.47. The summed E-state index contributed by atoms with van der Waals surface area (Å²) in [5.41, 5.74) is 4.60. The molecular formula is C27H32N2O6. The summed E-state index contributed by atoms with van der Waals surface area (Å²) in [6.45, 7) is 0.679. The number of nitrogens with one attached hydrogen (secondary N) is 2. The van der Waals surface area contributed by atoms with E-state index >= 15 is 0 Å². The standard InChI is InChI=1S/C27H32N2O6/c1-34-18(13-25(30)28-14-17-7-6-12-19(17)26(31)32)15-29-27(33)35-16-24-22-10-4-2-8-20(22)21-9-3-5-11-23(21)24/h2-5,8-11,17-19,24H,6-7,12-16H2,1H3,(H,28,30)(H,29,33)(H,31,32). The summed E-state index contributed by atoms with van der Waals surface area (Å²) in [6.07, 6.45) is 1.29. The van der Waals surface area contributed by atoms with Crippen molar-refractivity contribution < 1.29 is 29.0 Å². The van der Waals surface area contributed by atoms with Crippen molar-refractivity contribution in [2.24, 2.45) is 11.8 Å². The second-order valence-electron chi connectivity index (χ2n) is 9.21. The van der Waals surface area contributed by atoms with Crippen molar-refractivity contribution in [2.75, 3.05) is 26.8 Å². The van der Waals surface area contributed by atoms with E-state index in [-0.39, 0.29) is 37.3 Å². The molecule has 8 heteroatoms. The minimum atomic E-state index is -0.802. The summed E-state index contributed by atoms with van der Waals surface area (Å²) in [4.78, 5) is 36.0. The molecule has 8 nitrogen and oxygen atoms in total. The van der Waals surface area contributed by atoms with Crippen LogP contribution in [0.1, 0.15) is 42.7 Å². The van der Waals surface area contributed by atoms with Gasteiger partial charge in [-0.3, -0.25) is 9.59 Å². The number of carbonyl (C=O) groups excluding carboxylic acids is 2. The lowest BCUT2D eigenvalue weighted by atomic mass is 9.96. The molecule has 186 valence electrons. The second kappa shape index (κ2) is 11.4. The number of amides is 2. The number of carboxylic acids is 1. The third-order valence-electron chi connectivity index (χ3n) is 7.10. The zero-order valence-corrected chi connectivity index (χ0v) is 19.9. The van der Waals surface area contributed by atoms with Gasteiger partial charge in [-0.05, 0) is 41.0 Å². The maximum atomic E-state index is 12.4. The molecule has 0 aromatic heterocycles. The van der Waals surface area contributed by atoms with E-state index in [2.05, 4.69) is 34.9 Å². The van der Waals surface area contributed by atoms with E-state index < -0.39 is 24.1 Å². The largest absolute Gasteiger partial charge is 0.481 e. The summed E-state index contributed by atoms with van der Waals surface area (Å²) in [5.74, 6) is -1.51. The number of carbonyl (C=O) groups is 3. The molecule has 1 fully saturated rings. The molecular weight excluding hydrogens is 448 g/mol. The number of hydrogen-bond donors (Lipinski definition) is 3. The number of rotatable bonds is 10. The van der Waals surface area contributed by atoms with Crippen molar-refractivity contribution in [3.8, 4) is 11.1 Å². The van der Waals surface area contributed by atoms with E-state index in [0.717, 1.165) is 35.1 Å². The second-order valence-corrected chi connectivity index (χ2v) is 9.21. The van der Waals surface area contributed by atoms with Crippen LogP contribution in [0, 0.1) is 11.8 Å². The van der Waals surface area contributed by atoms with E-state index in [1.807, 2.05) is 24.3 Å². The lowest BCUT2D eigenvalue weighted by Crippen LogP contribution is -2.39. The van der Waals surface area contributed by atoms with Gasteiger partial charge in [-0.1, -0.05) is 55.0 Å². The van der Waals surface area contributed by atoms with Crippen molar-refractivity contribution in [1.82, 2.24) is 10.6 Å². The Bertz CT molecular complexity index is 1030. The first-order valence-corrected chi connectivity index (χ1v) is 12.1. The van der Waals surface area contributed by atoms with Gasteiger partial charge >= 0.3 is 12.1 Å². The zero-order valence-electron chi connectivity index (χ0n) is 19.9.